The lowest BCUT2D eigenvalue weighted by atomic mass is 9.65. The van der Waals surface area contributed by atoms with Crippen LogP contribution in [0.4, 0.5) is 0 Å². The van der Waals surface area contributed by atoms with Crippen LogP contribution in [0.15, 0.2) is 24.3 Å². The smallest absolute Gasteiger partial charge is 0.254 e. The monoisotopic (exact) mass is 356 g/mol. The Labute approximate surface area is 157 Å². The fourth-order valence-electron chi connectivity index (χ4n) is 4.84. The van der Waals surface area contributed by atoms with Gasteiger partial charge in [0.2, 0.25) is 5.91 Å². The van der Waals surface area contributed by atoms with Crippen molar-refractivity contribution in [1.29, 1.82) is 0 Å². The van der Waals surface area contributed by atoms with Gasteiger partial charge in [-0.3, -0.25) is 9.59 Å². The largest absolute Gasteiger partial charge is 0.353 e. The summed E-state index contributed by atoms with van der Waals surface area (Å²) in [5, 5.41) is 3.14. The van der Waals surface area contributed by atoms with Crippen LogP contribution >= 0.6 is 0 Å². The number of hydrogen-bond donors (Lipinski definition) is 1. The molecule has 1 aliphatic carbocycles. The van der Waals surface area contributed by atoms with Crippen molar-refractivity contribution in [3.05, 3.63) is 35.4 Å². The molecule has 1 aliphatic heterocycles. The Balaban J connectivity index is 2.16. The van der Waals surface area contributed by atoms with E-state index in [1.807, 2.05) is 38.1 Å². The summed E-state index contributed by atoms with van der Waals surface area (Å²) in [6, 6.07) is 7.82. The Morgan fingerprint density at radius 3 is 2.42 bits per heavy atom. The third kappa shape index (κ3) is 3.26. The van der Waals surface area contributed by atoms with E-state index in [0.29, 0.717) is 18.0 Å². The summed E-state index contributed by atoms with van der Waals surface area (Å²) >= 11 is 0. The van der Waals surface area contributed by atoms with Crippen LogP contribution in [-0.2, 0) is 4.79 Å². The number of carbonyl (C=O) groups excluding carboxylic acids is 2. The van der Waals surface area contributed by atoms with Crippen molar-refractivity contribution in [2.45, 2.75) is 77.3 Å². The first kappa shape index (κ1) is 18.9. The SMILES string of the molecule is CC(C)CN1C(=O)c2ccccc2[C@H](C(=O)NC(C)C)C12CCCCC2. The molecule has 4 heteroatoms. The number of nitrogens with zero attached hydrogens (tertiary/aromatic N) is 1. The Kier molecular flexibility index (Phi) is 5.40. The van der Waals surface area contributed by atoms with E-state index in [1.165, 1.54) is 6.42 Å². The van der Waals surface area contributed by atoms with Gasteiger partial charge < -0.3 is 10.2 Å². The number of rotatable bonds is 4. The minimum atomic E-state index is -0.382. The summed E-state index contributed by atoms with van der Waals surface area (Å²) in [4.78, 5) is 28.8. The summed E-state index contributed by atoms with van der Waals surface area (Å²) in [6.07, 6.45) is 5.17. The van der Waals surface area contributed by atoms with Crippen LogP contribution < -0.4 is 5.32 Å². The van der Waals surface area contributed by atoms with E-state index in [4.69, 9.17) is 0 Å². The topological polar surface area (TPSA) is 49.4 Å². The van der Waals surface area contributed by atoms with Gasteiger partial charge >= 0.3 is 0 Å². The fourth-order valence-corrected chi connectivity index (χ4v) is 4.84. The molecule has 1 spiro atoms. The predicted octanol–water partition coefficient (Wildman–Crippen LogP) is 4.11. The fraction of sp³-hybridized carbons (Fsp3) is 0.636. The summed E-state index contributed by atoms with van der Waals surface area (Å²) in [7, 11) is 0. The van der Waals surface area contributed by atoms with Crippen molar-refractivity contribution in [2.24, 2.45) is 5.92 Å². The van der Waals surface area contributed by atoms with E-state index in [0.717, 1.165) is 31.2 Å². The van der Waals surface area contributed by atoms with E-state index in [1.54, 1.807) is 0 Å². The molecule has 0 radical (unpaired) electrons. The minimum Gasteiger partial charge on any atom is -0.353 e. The molecule has 2 amide bonds. The third-order valence-electron chi connectivity index (χ3n) is 5.78. The second-order valence-electron chi connectivity index (χ2n) is 8.66. The van der Waals surface area contributed by atoms with Crippen molar-refractivity contribution < 1.29 is 9.59 Å². The summed E-state index contributed by atoms with van der Waals surface area (Å²) in [5.74, 6) is 0.259. The minimum absolute atomic E-state index is 0.0654. The molecule has 0 unspecified atom stereocenters. The molecule has 1 heterocycles. The van der Waals surface area contributed by atoms with Crippen molar-refractivity contribution in [2.75, 3.05) is 6.54 Å². The van der Waals surface area contributed by atoms with Crippen LogP contribution in [-0.4, -0.2) is 34.8 Å². The lowest BCUT2D eigenvalue weighted by molar-refractivity contribution is -0.128. The quantitative estimate of drug-likeness (QED) is 0.882. The van der Waals surface area contributed by atoms with Crippen LogP contribution in [0.1, 0.15) is 81.6 Å². The zero-order valence-electron chi connectivity index (χ0n) is 16.5. The van der Waals surface area contributed by atoms with Gasteiger partial charge in [0, 0.05) is 18.2 Å². The van der Waals surface area contributed by atoms with Crippen molar-refractivity contribution in [1.82, 2.24) is 10.2 Å². The normalized spacial score (nSPS) is 22.0. The molecule has 0 aromatic heterocycles. The number of carbonyl (C=O) groups is 2. The highest BCUT2D eigenvalue weighted by atomic mass is 16.2. The Morgan fingerprint density at radius 1 is 1.15 bits per heavy atom. The number of fused-ring (bicyclic) bond motifs is 1. The van der Waals surface area contributed by atoms with Crippen LogP contribution in [0.3, 0.4) is 0 Å². The Bertz CT molecular complexity index is 674. The number of amides is 2. The molecule has 1 aromatic carbocycles. The summed E-state index contributed by atoms with van der Waals surface area (Å²) in [6.45, 7) is 8.99. The van der Waals surface area contributed by atoms with E-state index in [-0.39, 0.29) is 29.3 Å². The van der Waals surface area contributed by atoms with Gasteiger partial charge in [0.05, 0.1) is 11.5 Å². The van der Waals surface area contributed by atoms with Gasteiger partial charge in [-0.2, -0.15) is 0 Å². The molecule has 3 rings (SSSR count). The van der Waals surface area contributed by atoms with Gasteiger partial charge in [0.25, 0.3) is 5.91 Å². The number of nitrogens with one attached hydrogen (secondary N) is 1. The first-order valence-corrected chi connectivity index (χ1v) is 10.1. The van der Waals surface area contributed by atoms with Crippen LogP contribution in [0, 0.1) is 5.92 Å². The molecule has 1 aromatic rings. The van der Waals surface area contributed by atoms with Gasteiger partial charge in [-0.1, -0.05) is 51.3 Å². The third-order valence-corrected chi connectivity index (χ3v) is 5.78. The molecule has 26 heavy (non-hydrogen) atoms. The standard InChI is InChI=1S/C22H32N2O2/c1-15(2)14-24-21(26)18-11-7-6-10-17(18)19(20(25)23-16(3)4)22(24)12-8-5-9-13-22/h6-7,10-11,15-16,19H,5,8-9,12-14H2,1-4H3,(H,23,25)/t19-/m1/s1. The highest BCUT2D eigenvalue weighted by molar-refractivity contribution is 6.02. The zero-order valence-corrected chi connectivity index (χ0v) is 16.5. The lowest BCUT2D eigenvalue weighted by Crippen LogP contribution is -2.63. The van der Waals surface area contributed by atoms with Gasteiger partial charge in [0.15, 0.2) is 0 Å². The Hall–Kier alpha value is -1.84. The second kappa shape index (κ2) is 7.42. The molecule has 2 aliphatic rings. The van der Waals surface area contributed by atoms with Gasteiger partial charge in [-0.15, -0.1) is 0 Å². The molecule has 1 saturated carbocycles. The van der Waals surface area contributed by atoms with Gasteiger partial charge in [0.1, 0.15) is 0 Å². The molecule has 4 nitrogen and oxygen atoms in total. The molecule has 1 atom stereocenters. The maximum Gasteiger partial charge on any atom is 0.254 e. The maximum atomic E-state index is 13.4. The summed E-state index contributed by atoms with van der Waals surface area (Å²) in [5.41, 5.74) is 1.23. The molecular formula is C22H32N2O2. The number of hydrogen-bond acceptors (Lipinski definition) is 2. The van der Waals surface area contributed by atoms with Gasteiger partial charge in [-0.05, 0) is 44.2 Å². The average Bonchev–Trinajstić information content (AvgIpc) is 2.59. The predicted molar refractivity (Wildman–Crippen MR) is 104 cm³/mol. The molecule has 0 saturated heterocycles. The summed E-state index contributed by atoms with van der Waals surface area (Å²) < 4.78 is 0. The van der Waals surface area contributed by atoms with Crippen LogP contribution in [0.25, 0.3) is 0 Å². The second-order valence-corrected chi connectivity index (χ2v) is 8.66. The molecule has 142 valence electrons. The van der Waals surface area contributed by atoms with Gasteiger partial charge in [-0.25, -0.2) is 0 Å². The van der Waals surface area contributed by atoms with E-state index in [9.17, 15) is 9.59 Å². The zero-order chi connectivity index (χ0) is 18.9. The van der Waals surface area contributed by atoms with E-state index >= 15 is 0 Å². The van der Waals surface area contributed by atoms with E-state index in [2.05, 4.69) is 24.1 Å². The van der Waals surface area contributed by atoms with E-state index < -0.39 is 0 Å². The van der Waals surface area contributed by atoms with Crippen molar-refractivity contribution >= 4 is 11.8 Å². The highest BCUT2D eigenvalue weighted by Gasteiger charge is 2.54. The average molecular weight is 357 g/mol. The van der Waals surface area contributed by atoms with Crippen molar-refractivity contribution in [3.8, 4) is 0 Å². The molecule has 0 bridgehead atoms. The first-order chi connectivity index (χ1) is 12.4. The lowest BCUT2D eigenvalue weighted by Gasteiger charge is -2.54. The van der Waals surface area contributed by atoms with Crippen LogP contribution in [0.5, 0.6) is 0 Å². The highest BCUT2D eigenvalue weighted by Crippen LogP contribution is 2.49. The van der Waals surface area contributed by atoms with Crippen molar-refractivity contribution in [3.63, 3.8) is 0 Å². The van der Waals surface area contributed by atoms with Crippen LogP contribution in [0.2, 0.25) is 0 Å². The molecular weight excluding hydrogens is 324 g/mol. The Morgan fingerprint density at radius 2 is 1.81 bits per heavy atom. The molecule has 1 N–H and O–H groups in total. The molecule has 1 fully saturated rings. The maximum absolute atomic E-state index is 13.4. The number of benzene rings is 1. The first-order valence-electron chi connectivity index (χ1n) is 10.1.